The van der Waals surface area contributed by atoms with Gasteiger partial charge < -0.3 is 5.11 Å². The molecule has 14 heavy (non-hydrogen) atoms. The SMILES string of the molecule is O=[N+]([O-])c1cnc(C(F)(F)F)c(O)c1. The van der Waals surface area contributed by atoms with Crippen LogP contribution < -0.4 is 0 Å². The summed E-state index contributed by atoms with van der Waals surface area (Å²) in [6.07, 6.45) is -4.39. The molecule has 0 aromatic carbocycles. The summed E-state index contributed by atoms with van der Waals surface area (Å²) >= 11 is 0. The van der Waals surface area contributed by atoms with Crippen LogP contribution in [0.5, 0.6) is 5.75 Å². The minimum absolute atomic E-state index is 0.399. The molecule has 1 N–H and O–H groups in total. The molecule has 0 spiro atoms. The van der Waals surface area contributed by atoms with E-state index in [0.717, 1.165) is 0 Å². The summed E-state index contributed by atoms with van der Waals surface area (Å²) in [6, 6.07) is 0.399. The highest BCUT2D eigenvalue weighted by molar-refractivity contribution is 5.39. The number of nitro groups is 1. The van der Waals surface area contributed by atoms with Gasteiger partial charge in [0.05, 0.1) is 11.0 Å². The van der Waals surface area contributed by atoms with Crippen LogP contribution >= 0.6 is 0 Å². The number of hydrogen-bond donors (Lipinski definition) is 1. The van der Waals surface area contributed by atoms with Gasteiger partial charge in [0, 0.05) is 0 Å². The van der Waals surface area contributed by atoms with Gasteiger partial charge in [0.25, 0.3) is 5.69 Å². The van der Waals surface area contributed by atoms with E-state index in [-0.39, 0.29) is 0 Å². The second-order valence-electron chi connectivity index (χ2n) is 2.32. The molecule has 1 rings (SSSR count). The van der Waals surface area contributed by atoms with Crippen molar-refractivity contribution in [2.45, 2.75) is 6.18 Å². The van der Waals surface area contributed by atoms with E-state index in [1.165, 1.54) is 0 Å². The Balaban J connectivity index is 3.21. The van der Waals surface area contributed by atoms with Crippen molar-refractivity contribution in [3.8, 4) is 5.75 Å². The lowest BCUT2D eigenvalue weighted by atomic mass is 10.3. The lowest BCUT2D eigenvalue weighted by molar-refractivity contribution is -0.385. The maximum absolute atomic E-state index is 12.0. The van der Waals surface area contributed by atoms with E-state index >= 15 is 0 Å². The fourth-order valence-corrected chi connectivity index (χ4v) is 0.761. The maximum atomic E-state index is 12.0. The molecule has 8 heteroatoms. The van der Waals surface area contributed by atoms with Crippen LogP contribution in [-0.2, 0) is 6.18 Å². The summed E-state index contributed by atoms with van der Waals surface area (Å²) < 4.78 is 36.0. The largest absolute Gasteiger partial charge is 0.505 e. The van der Waals surface area contributed by atoms with Crippen molar-refractivity contribution in [1.29, 1.82) is 0 Å². The summed E-state index contributed by atoms with van der Waals surface area (Å²) in [6.45, 7) is 0. The van der Waals surface area contributed by atoms with Crippen LogP contribution in [0.2, 0.25) is 0 Å². The summed E-state index contributed by atoms with van der Waals surface area (Å²) in [5.74, 6) is -1.26. The molecule has 1 aromatic heterocycles. The molecule has 0 aliphatic heterocycles. The van der Waals surface area contributed by atoms with Gasteiger partial charge in [-0.05, 0) is 0 Å². The van der Waals surface area contributed by atoms with E-state index in [2.05, 4.69) is 4.98 Å². The van der Waals surface area contributed by atoms with Crippen LogP contribution in [0, 0.1) is 10.1 Å². The normalized spacial score (nSPS) is 11.4. The Bertz CT molecular complexity index is 377. The van der Waals surface area contributed by atoms with Gasteiger partial charge in [-0.2, -0.15) is 13.2 Å². The van der Waals surface area contributed by atoms with E-state index in [4.69, 9.17) is 5.11 Å². The van der Waals surface area contributed by atoms with Crippen molar-refractivity contribution < 1.29 is 23.2 Å². The molecule has 0 amide bonds. The Morgan fingerprint density at radius 3 is 2.43 bits per heavy atom. The smallest absolute Gasteiger partial charge is 0.437 e. The summed E-state index contributed by atoms with van der Waals surface area (Å²) in [5.41, 5.74) is -2.24. The highest BCUT2D eigenvalue weighted by Crippen LogP contribution is 2.35. The van der Waals surface area contributed by atoms with Gasteiger partial charge >= 0.3 is 6.18 Å². The Hall–Kier alpha value is -1.86. The minimum atomic E-state index is -4.82. The third kappa shape index (κ3) is 1.90. The number of alkyl halides is 3. The molecule has 76 valence electrons. The van der Waals surface area contributed by atoms with E-state index in [0.29, 0.717) is 12.3 Å². The zero-order chi connectivity index (χ0) is 10.9. The fourth-order valence-electron chi connectivity index (χ4n) is 0.761. The molecule has 0 radical (unpaired) electrons. The number of halogens is 3. The molecule has 0 fully saturated rings. The molecule has 0 unspecified atom stereocenters. The van der Waals surface area contributed by atoms with Crippen LogP contribution in [0.4, 0.5) is 18.9 Å². The summed E-state index contributed by atoms with van der Waals surface area (Å²) in [7, 11) is 0. The number of rotatable bonds is 1. The minimum Gasteiger partial charge on any atom is -0.505 e. The van der Waals surface area contributed by atoms with Gasteiger partial charge in [-0.1, -0.05) is 0 Å². The number of hydrogen-bond acceptors (Lipinski definition) is 4. The maximum Gasteiger partial charge on any atom is 0.437 e. The van der Waals surface area contributed by atoms with Crippen LogP contribution in [-0.4, -0.2) is 15.0 Å². The van der Waals surface area contributed by atoms with Crippen LogP contribution in [0.3, 0.4) is 0 Å². The number of nitrogens with zero attached hydrogens (tertiary/aromatic N) is 2. The lowest BCUT2D eigenvalue weighted by Gasteiger charge is -2.06. The van der Waals surface area contributed by atoms with Gasteiger partial charge in [-0.15, -0.1) is 0 Å². The van der Waals surface area contributed by atoms with Crippen LogP contribution in [0.15, 0.2) is 12.3 Å². The molecule has 0 aliphatic carbocycles. The molecular formula is C6H3F3N2O3. The zero-order valence-electron chi connectivity index (χ0n) is 6.45. The van der Waals surface area contributed by atoms with Gasteiger partial charge in [-0.25, -0.2) is 4.98 Å². The number of pyridine rings is 1. The van der Waals surface area contributed by atoms with Gasteiger partial charge in [-0.3, -0.25) is 10.1 Å². The van der Waals surface area contributed by atoms with Gasteiger partial charge in [0.2, 0.25) is 0 Å². The third-order valence-electron chi connectivity index (χ3n) is 1.33. The van der Waals surface area contributed by atoms with E-state index in [9.17, 15) is 23.3 Å². The summed E-state index contributed by atoms with van der Waals surface area (Å²) in [5, 5.41) is 18.9. The summed E-state index contributed by atoms with van der Waals surface area (Å²) in [4.78, 5) is 11.9. The topological polar surface area (TPSA) is 76.3 Å². The van der Waals surface area contributed by atoms with Gasteiger partial charge in [0.1, 0.15) is 6.20 Å². The second-order valence-corrected chi connectivity index (χ2v) is 2.32. The predicted molar refractivity (Wildman–Crippen MR) is 37.6 cm³/mol. The molecule has 5 nitrogen and oxygen atoms in total. The first-order valence-electron chi connectivity index (χ1n) is 3.23. The number of aromatic nitrogens is 1. The first-order chi connectivity index (χ1) is 6.32. The molecule has 0 saturated heterocycles. The Labute approximate surface area is 75.0 Å². The molecular weight excluding hydrogens is 205 g/mol. The Kier molecular flexibility index (Phi) is 2.28. The van der Waals surface area contributed by atoms with Crippen molar-refractivity contribution in [3.63, 3.8) is 0 Å². The standard InChI is InChI=1S/C6H3F3N2O3/c7-6(8,9)5-4(12)1-3(2-10-5)11(13)14/h1-2,12H. The van der Waals surface area contributed by atoms with Crippen LogP contribution in [0.1, 0.15) is 5.69 Å². The van der Waals surface area contributed by atoms with E-state index in [1.54, 1.807) is 0 Å². The molecule has 0 saturated carbocycles. The molecule has 1 heterocycles. The quantitative estimate of drug-likeness (QED) is 0.563. The van der Waals surface area contributed by atoms with Crippen molar-refractivity contribution in [2.24, 2.45) is 0 Å². The van der Waals surface area contributed by atoms with Crippen molar-refractivity contribution in [1.82, 2.24) is 4.98 Å². The fraction of sp³-hybridized carbons (Fsp3) is 0.167. The molecule has 0 atom stereocenters. The monoisotopic (exact) mass is 208 g/mol. The lowest BCUT2D eigenvalue weighted by Crippen LogP contribution is -2.08. The van der Waals surface area contributed by atoms with Crippen molar-refractivity contribution in [2.75, 3.05) is 0 Å². The van der Waals surface area contributed by atoms with Gasteiger partial charge in [0.15, 0.2) is 11.4 Å². The van der Waals surface area contributed by atoms with E-state index < -0.39 is 28.2 Å². The molecule has 0 bridgehead atoms. The van der Waals surface area contributed by atoms with Crippen molar-refractivity contribution >= 4 is 5.69 Å². The third-order valence-corrected chi connectivity index (χ3v) is 1.33. The van der Waals surface area contributed by atoms with Crippen LogP contribution in [0.25, 0.3) is 0 Å². The number of aromatic hydroxyl groups is 1. The molecule has 0 aliphatic rings. The average molecular weight is 208 g/mol. The second kappa shape index (κ2) is 3.13. The average Bonchev–Trinajstić information content (AvgIpc) is 2.01. The highest BCUT2D eigenvalue weighted by Gasteiger charge is 2.36. The van der Waals surface area contributed by atoms with Crippen molar-refractivity contribution in [3.05, 3.63) is 28.1 Å². The zero-order valence-corrected chi connectivity index (χ0v) is 6.45. The molecule has 1 aromatic rings. The Morgan fingerprint density at radius 1 is 1.50 bits per heavy atom. The van der Waals surface area contributed by atoms with E-state index in [1.807, 2.05) is 0 Å². The first-order valence-corrected chi connectivity index (χ1v) is 3.23. The first kappa shape index (κ1) is 10.2. The highest BCUT2D eigenvalue weighted by atomic mass is 19.4. The predicted octanol–water partition coefficient (Wildman–Crippen LogP) is 1.71. The Morgan fingerprint density at radius 2 is 2.07 bits per heavy atom.